The second-order valence-corrected chi connectivity index (χ2v) is 9.99. The van der Waals surface area contributed by atoms with E-state index in [4.69, 9.17) is 19.4 Å². The molecule has 2 atom stereocenters. The molecular weight excluding hydrogens is 492 g/mol. The van der Waals surface area contributed by atoms with E-state index < -0.39 is 17.6 Å². The number of hydrogen-bond acceptors (Lipinski definition) is 7. The summed E-state index contributed by atoms with van der Waals surface area (Å²) in [6.07, 6.45) is 7.56. The third-order valence-corrected chi connectivity index (χ3v) is 7.16. The topological polar surface area (TPSA) is 92.0 Å². The minimum Gasteiger partial charge on any atom is -0.459 e. The van der Waals surface area contributed by atoms with Crippen LogP contribution < -0.4 is 0 Å². The van der Waals surface area contributed by atoms with Gasteiger partial charge in [0.15, 0.2) is 0 Å². The van der Waals surface area contributed by atoms with Crippen LogP contribution in [0.25, 0.3) is 22.3 Å². The van der Waals surface area contributed by atoms with Gasteiger partial charge in [-0.25, -0.2) is 23.7 Å². The molecule has 4 aromatic rings. The highest BCUT2D eigenvalue weighted by molar-refractivity contribution is 5.89. The van der Waals surface area contributed by atoms with Crippen molar-refractivity contribution in [3.63, 3.8) is 0 Å². The number of ether oxygens (including phenoxy) is 2. The number of esters is 1. The molecule has 38 heavy (non-hydrogen) atoms. The Labute approximate surface area is 218 Å². The van der Waals surface area contributed by atoms with Gasteiger partial charge in [0, 0.05) is 48.5 Å². The molecule has 196 valence electrons. The molecule has 2 fully saturated rings. The highest BCUT2D eigenvalue weighted by Crippen LogP contribution is 2.40. The van der Waals surface area contributed by atoms with Gasteiger partial charge in [-0.1, -0.05) is 0 Å². The lowest BCUT2D eigenvalue weighted by Crippen LogP contribution is -2.19. The maximum Gasteiger partial charge on any atom is 0.303 e. The quantitative estimate of drug-likeness (QED) is 0.310. The van der Waals surface area contributed by atoms with Gasteiger partial charge in [0.2, 0.25) is 0 Å². The number of fused-ring (bicyclic) bond motifs is 1. The molecule has 1 aromatic carbocycles. The summed E-state index contributed by atoms with van der Waals surface area (Å²) in [6.45, 7) is 3.59. The molecule has 1 aliphatic heterocycles. The third-order valence-electron chi connectivity index (χ3n) is 7.16. The Bertz CT molecular complexity index is 1530. The molecule has 1 aliphatic carbocycles. The average molecular weight is 520 g/mol. The van der Waals surface area contributed by atoms with Crippen LogP contribution in [0.4, 0.5) is 8.78 Å². The fraction of sp³-hybridized carbons (Fsp3) is 0.393. The smallest absolute Gasteiger partial charge is 0.303 e. The molecule has 1 saturated heterocycles. The molecule has 2 unspecified atom stereocenters. The van der Waals surface area contributed by atoms with Crippen LogP contribution in [0.3, 0.4) is 0 Å². The van der Waals surface area contributed by atoms with Crippen LogP contribution in [0.2, 0.25) is 0 Å². The monoisotopic (exact) mass is 519 g/mol. The average Bonchev–Trinajstić information content (AvgIpc) is 3.63. The molecule has 0 spiro atoms. The van der Waals surface area contributed by atoms with E-state index >= 15 is 4.39 Å². The van der Waals surface area contributed by atoms with Crippen molar-refractivity contribution >= 4 is 17.0 Å². The highest BCUT2D eigenvalue weighted by atomic mass is 19.1. The summed E-state index contributed by atoms with van der Waals surface area (Å²) in [6, 6.07) is 5.77. The molecule has 2 aliphatic rings. The third kappa shape index (κ3) is 4.88. The van der Waals surface area contributed by atoms with Crippen molar-refractivity contribution in [2.24, 2.45) is 0 Å². The number of aryl methyl sites for hydroxylation is 1. The second kappa shape index (κ2) is 9.83. The van der Waals surface area contributed by atoms with Gasteiger partial charge in [-0.15, -0.1) is 0 Å². The summed E-state index contributed by atoms with van der Waals surface area (Å²) in [5, 5.41) is 4.51. The van der Waals surface area contributed by atoms with Crippen LogP contribution in [0.5, 0.6) is 0 Å². The van der Waals surface area contributed by atoms with E-state index in [0.717, 1.165) is 36.6 Å². The minimum atomic E-state index is -0.739. The van der Waals surface area contributed by atoms with Crippen LogP contribution in [0.15, 0.2) is 36.7 Å². The molecule has 4 heterocycles. The SMILES string of the molecule is CC(=O)OCc1nc2c(-c3ccc(F)cc3F)nc(C3CCOC(c4cnn(C5CC5)c4)C3)cc2nc1C. The van der Waals surface area contributed by atoms with Crippen molar-refractivity contribution in [2.45, 2.75) is 64.2 Å². The molecular formula is C28H27F2N5O3. The molecule has 3 aromatic heterocycles. The zero-order valence-electron chi connectivity index (χ0n) is 21.2. The summed E-state index contributed by atoms with van der Waals surface area (Å²) >= 11 is 0. The van der Waals surface area contributed by atoms with E-state index in [1.165, 1.54) is 19.1 Å². The fourth-order valence-corrected chi connectivity index (χ4v) is 4.94. The molecule has 10 heteroatoms. The maximum absolute atomic E-state index is 15.0. The summed E-state index contributed by atoms with van der Waals surface area (Å²) in [5.74, 6) is -1.82. The van der Waals surface area contributed by atoms with Gasteiger partial charge in [-0.2, -0.15) is 5.10 Å². The number of hydrogen-bond donors (Lipinski definition) is 0. The Morgan fingerprint density at radius 1 is 1.16 bits per heavy atom. The Morgan fingerprint density at radius 3 is 2.76 bits per heavy atom. The number of benzene rings is 1. The van der Waals surface area contributed by atoms with Crippen LogP contribution in [0.1, 0.15) is 73.3 Å². The second-order valence-electron chi connectivity index (χ2n) is 9.99. The summed E-state index contributed by atoms with van der Waals surface area (Å²) < 4.78 is 42.0. The molecule has 6 rings (SSSR count). The van der Waals surface area contributed by atoms with E-state index in [9.17, 15) is 9.18 Å². The van der Waals surface area contributed by atoms with Gasteiger partial charge in [0.25, 0.3) is 0 Å². The minimum absolute atomic E-state index is 0.0347. The van der Waals surface area contributed by atoms with Crippen molar-refractivity contribution in [1.29, 1.82) is 0 Å². The molecule has 0 radical (unpaired) electrons. The van der Waals surface area contributed by atoms with E-state index in [1.54, 1.807) is 6.92 Å². The van der Waals surface area contributed by atoms with Gasteiger partial charge in [-0.05, 0) is 50.8 Å². The first-order valence-electron chi connectivity index (χ1n) is 12.8. The number of halogens is 2. The van der Waals surface area contributed by atoms with Crippen molar-refractivity contribution in [2.75, 3.05) is 6.61 Å². The van der Waals surface area contributed by atoms with Crippen LogP contribution in [0, 0.1) is 18.6 Å². The zero-order valence-corrected chi connectivity index (χ0v) is 21.2. The molecule has 1 saturated carbocycles. The van der Waals surface area contributed by atoms with E-state index in [0.29, 0.717) is 41.5 Å². The largest absolute Gasteiger partial charge is 0.459 e. The fourth-order valence-electron chi connectivity index (χ4n) is 4.94. The number of aromatic nitrogens is 5. The first-order chi connectivity index (χ1) is 18.4. The van der Waals surface area contributed by atoms with Crippen LogP contribution >= 0.6 is 0 Å². The van der Waals surface area contributed by atoms with Gasteiger partial charge in [0.1, 0.15) is 29.5 Å². The molecule has 0 N–H and O–H groups in total. The van der Waals surface area contributed by atoms with Crippen LogP contribution in [-0.2, 0) is 20.9 Å². The Hall–Kier alpha value is -3.79. The van der Waals surface area contributed by atoms with E-state index in [1.807, 2.05) is 16.9 Å². The molecule has 8 nitrogen and oxygen atoms in total. The zero-order chi connectivity index (χ0) is 26.4. The Morgan fingerprint density at radius 2 is 2.00 bits per heavy atom. The Kier molecular flexibility index (Phi) is 6.35. The maximum atomic E-state index is 15.0. The van der Waals surface area contributed by atoms with Gasteiger partial charge < -0.3 is 9.47 Å². The van der Waals surface area contributed by atoms with Crippen LogP contribution in [-0.4, -0.2) is 37.3 Å². The standard InChI is InChI=1S/C28H27F2N5O3/c1-15-25(14-38-16(2)36)34-28-24(32-15)11-23(33-27(28)21-6-3-19(29)10-22(21)30)17-7-8-37-26(9-17)18-12-31-35(13-18)20-4-5-20/h3,6,10-13,17,20,26H,4-5,7-9,14H2,1-2H3. The van der Waals surface area contributed by atoms with E-state index in [-0.39, 0.29) is 29.9 Å². The predicted molar refractivity (Wildman–Crippen MR) is 134 cm³/mol. The van der Waals surface area contributed by atoms with Gasteiger partial charge in [-0.3, -0.25) is 9.48 Å². The van der Waals surface area contributed by atoms with Crippen molar-refractivity contribution in [3.05, 3.63) is 70.9 Å². The lowest BCUT2D eigenvalue weighted by atomic mass is 9.89. The number of rotatable bonds is 6. The first kappa shape index (κ1) is 24.5. The lowest BCUT2D eigenvalue weighted by molar-refractivity contribution is -0.142. The van der Waals surface area contributed by atoms with Gasteiger partial charge >= 0.3 is 5.97 Å². The lowest BCUT2D eigenvalue weighted by Gasteiger charge is -2.29. The van der Waals surface area contributed by atoms with Crippen molar-refractivity contribution in [3.8, 4) is 11.3 Å². The summed E-state index contributed by atoms with van der Waals surface area (Å²) in [7, 11) is 0. The van der Waals surface area contributed by atoms with Gasteiger partial charge in [0.05, 0.1) is 35.2 Å². The molecule has 0 bridgehead atoms. The number of carbonyl (C=O) groups excluding carboxylic acids is 1. The Balaban J connectivity index is 1.41. The molecule has 0 amide bonds. The van der Waals surface area contributed by atoms with Crippen molar-refractivity contribution < 1.29 is 23.0 Å². The normalized spacial score (nSPS) is 19.6. The highest BCUT2D eigenvalue weighted by Gasteiger charge is 2.30. The number of pyridine rings is 1. The van der Waals surface area contributed by atoms with Crippen molar-refractivity contribution in [1.82, 2.24) is 24.7 Å². The number of nitrogens with zero attached hydrogens (tertiary/aromatic N) is 5. The predicted octanol–water partition coefficient (Wildman–Crippen LogP) is 5.51. The van der Waals surface area contributed by atoms with E-state index in [2.05, 4.69) is 16.3 Å². The summed E-state index contributed by atoms with van der Waals surface area (Å²) in [5.41, 5.74) is 4.14. The number of carbonyl (C=O) groups is 1. The summed E-state index contributed by atoms with van der Waals surface area (Å²) in [4.78, 5) is 25.6. The first-order valence-corrected chi connectivity index (χ1v) is 12.8.